The molecule has 2 aromatic rings. The molecule has 1 unspecified atom stereocenters. The van der Waals surface area contributed by atoms with E-state index in [-0.39, 0.29) is 23.2 Å². The molecule has 6 heteroatoms. The molecule has 1 saturated heterocycles. The Labute approximate surface area is 98.0 Å². The van der Waals surface area contributed by atoms with Crippen LogP contribution in [-0.4, -0.2) is 29.5 Å². The van der Waals surface area contributed by atoms with Gasteiger partial charge < -0.3 is 4.98 Å². The van der Waals surface area contributed by atoms with E-state index in [2.05, 4.69) is 4.98 Å². The van der Waals surface area contributed by atoms with Gasteiger partial charge in [0.15, 0.2) is 9.84 Å². The van der Waals surface area contributed by atoms with Crippen LogP contribution in [0.1, 0.15) is 12.5 Å². The van der Waals surface area contributed by atoms with Gasteiger partial charge in [-0.25, -0.2) is 13.2 Å². The van der Waals surface area contributed by atoms with Crippen LogP contribution in [0.2, 0.25) is 0 Å². The standard InChI is InChI=1S/C11H12N2O3S/c14-11-12-9-3-1-2-4-10(9)13(11)8-5-6-17(15,16)7-8/h1-4,8H,5-7H2,(H,12,14). The van der Waals surface area contributed by atoms with E-state index in [1.54, 1.807) is 4.57 Å². The van der Waals surface area contributed by atoms with E-state index < -0.39 is 9.84 Å². The van der Waals surface area contributed by atoms with Crippen LogP contribution in [0.25, 0.3) is 11.0 Å². The predicted octanol–water partition coefficient (Wildman–Crippen LogP) is 0.689. The van der Waals surface area contributed by atoms with E-state index >= 15 is 0 Å². The largest absolute Gasteiger partial charge is 0.326 e. The van der Waals surface area contributed by atoms with Gasteiger partial charge in [0, 0.05) is 0 Å². The molecular weight excluding hydrogens is 240 g/mol. The lowest BCUT2D eigenvalue weighted by atomic mass is 10.2. The number of nitrogens with one attached hydrogen (secondary N) is 1. The number of fused-ring (bicyclic) bond motifs is 1. The number of imidazole rings is 1. The molecule has 17 heavy (non-hydrogen) atoms. The van der Waals surface area contributed by atoms with Crippen LogP contribution in [0.15, 0.2) is 29.1 Å². The quantitative estimate of drug-likeness (QED) is 0.811. The van der Waals surface area contributed by atoms with E-state index in [0.717, 1.165) is 11.0 Å². The number of benzene rings is 1. The number of aromatic amines is 1. The van der Waals surface area contributed by atoms with E-state index in [9.17, 15) is 13.2 Å². The summed E-state index contributed by atoms with van der Waals surface area (Å²) in [5.74, 6) is 0.234. The molecule has 2 heterocycles. The summed E-state index contributed by atoms with van der Waals surface area (Å²) in [5, 5.41) is 0. The first kappa shape index (κ1) is 10.6. The summed E-state index contributed by atoms with van der Waals surface area (Å²) in [6.07, 6.45) is 0.518. The fourth-order valence-corrected chi connectivity index (χ4v) is 4.12. The van der Waals surface area contributed by atoms with Crippen molar-refractivity contribution >= 4 is 20.9 Å². The highest BCUT2D eigenvalue weighted by atomic mass is 32.2. The summed E-state index contributed by atoms with van der Waals surface area (Å²) in [4.78, 5) is 14.6. The number of hydrogen-bond donors (Lipinski definition) is 1. The lowest BCUT2D eigenvalue weighted by Crippen LogP contribution is -2.23. The second-order valence-corrected chi connectivity index (χ2v) is 6.60. The first-order chi connectivity index (χ1) is 8.07. The van der Waals surface area contributed by atoms with Gasteiger partial charge in [0.2, 0.25) is 0 Å². The van der Waals surface area contributed by atoms with Gasteiger partial charge in [-0.05, 0) is 18.6 Å². The second kappa shape index (κ2) is 3.46. The fourth-order valence-electron chi connectivity index (χ4n) is 2.42. The lowest BCUT2D eigenvalue weighted by Gasteiger charge is -2.09. The summed E-state index contributed by atoms with van der Waals surface area (Å²) < 4.78 is 24.5. The molecule has 0 saturated carbocycles. The normalized spacial score (nSPS) is 23.2. The summed E-state index contributed by atoms with van der Waals surface area (Å²) in [6, 6.07) is 7.10. The van der Waals surface area contributed by atoms with Crippen molar-refractivity contribution in [3.05, 3.63) is 34.7 Å². The summed E-state index contributed by atoms with van der Waals surface area (Å²) in [6.45, 7) is 0. The molecule has 1 atom stereocenters. The topological polar surface area (TPSA) is 71.9 Å². The van der Waals surface area contributed by atoms with Crippen molar-refractivity contribution in [3.8, 4) is 0 Å². The van der Waals surface area contributed by atoms with Crippen molar-refractivity contribution in [1.82, 2.24) is 9.55 Å². The Bertz CT molecular complexity index is 726. The van der Waals surface area contributed by atoms with Crippen LogP contribution in [-0.2, 0) is 9.84 Å². The highest BCUT2D eigenvalue weighted by molar-refractivity contribution is 7.91. The monoisotopic (exact) mass is 252 g/mol. The Morgan fingerprint density at radius 2 is 2.06 bits per heavy atom. The fraction of sp³-hybridized carbons (Fsp3) is 0.364. The Morgan fingerprint density at radius 1 is 1.29 bits per heavy atom. The smallest absolute Gasteiger partial charge is 0.306 e. The number of nitrogens with zero attached hydrogens (tertiary/aromatic N) is 1. The molecule has 1 aliphatic heterocycles. The van der Waals surface area contributed by atoms with Gasteiger partial charge in [-0.1, -0.05) is 12.1 Å². The van der Waals surface area contributed by atoms with E-state index in [1.807, 2.05) is 24.3 Å². The van der Waals surface area contributed by atoms with E-state index in [1.165, 1.54) is 0 Å². The highest BCUT2D eigenvalue weighted by Gasteiger charge is 2.30. The van der Waals surface area contributed by atoms with Gasteiger partial charge in [0.1, 0.15) is 0 Å². The van der Waals surface area contributed by atoms with Crippen molar-refractivity contribution in [2.75, 3.05) is 11.5 Å². The third-order valence-corrected chi connectivity index (χ3v) is 4.95. The van der Waals surface area contributed by atoms with Crippen LogP contribution in [0.4, 0.5) is 0 Å². The maximum atomic E-state index is 11.8. The summed E-state index contributed by atoms with van der Waals surface area (Å²) in [7, 11) is -2.98. The Morgan fingerprint density at radius 3 is 2.76 bits per heavy atom. The van der Waals surface area contributed by atoms with E-state index in [0.29, 0.717) is 6.42 Å². The molecule has 1 N–H and O–H groups in total. The zero-order chi connectivity index (χ0) is 12.0. The molecule has 0 radical (unpaired) electrons. The van der Waals surface area contributed by atoms with Crippen molar-refractivity contribution in [1.29, 1.82) is 0 Å². The van der Waals surface area contributed by atoms with Crippen molar-refractivity contribution in [2.24, 2.45) is 0 Å². The van der Waals surface area contributed by atoms with Gasteiger partial charge in [0.25, 0.3) is 0 Å². The van der Waals surface area contributed by atoms with E-state index in [4.69, 9.17) is 0 Å². The predicted molar refractivity (Wildman–Crippen MR) is 64.9 cm³/mol. The third kappa shape index (κ3) is 1.68. The molecule has 1 fully saturated rings. The van der Waals surface area contributed by atoms with Gasteiger partial charge in [-0.15, -0.1) is 0 Å². The number of rotatable bonds is 1. The van der Waals surface area contributed by atoms with Crippen LogP contribution in [0, 0.1) is 0 Å². The van der Waals surface area contributed by atoms with Crippen molar-refractivity contribution < 1.29 is 8.42 Å². The van der Waals surface area contributed by atoms with Crippen molar-refractivity contribution in [3.63, 3.8) is 0 Å². The molecule has 0 amide bonds. The first-order valence-corrected chi connectivity index (χ1v) is 7.29. The number of aromatic nitrogens is 2. The molecule has 1 aromatic heterocycles. The minimum Gasteiger partial charge on any atom is -0.306 e. The summed E-state index contributed by atoms with van der Waals surface area (Å²) >= 11 is 0. The maximum absolute atomic E-state index is 11.8. The number of para-hydroxylation sites is 2. The summed E-state index contributed by atoms with van der Waals surface area (Å²) in [5.41, 5.74) is 1.30. The van der Waals surface area contributed by atoms with Gasteiger partial charge in [0.05, 0.1) is 28.6 Å². The first-order valence-electron chi connectivity index (χ1n) is 5.46. The molecule has 5 nitrogen and oxygen atoms in total. The molecule has 1 aromatic carbocycles. The average Bonchev–Trinajstić information content (AvgIpc) is 2.77. The molecule has 3 rings (SSSR count). The van der Waals surface area contributed by atoms with Crippen LogP contribution < -0.4 is 5.69 Å². The molecule has 90 valence electrons. The van der Waals surface area contributed by atoms with Gasteiger partial charge in [-0.2, -0.15) is 0 Å². The van der Waals surface area contributed by atoms with Crippen LogP contribution in [0.5, 0.6) is 0 Å². The Balaban J connectivity index is 2.18. The molecule has 0 aliphatic carbocycles. The number of H-pyrrole nitrogens is 1. The molecule has 0 bridgehead atoms. The zero-order valence-electron chi connectivity index (χ0n) is 9.09. The minimum absolute atomic E-state index is 0.0642. The number of hydrogen-bond acceptors (Lipinski definition) is 3. The molecule has 1 aliphatic rings. The SMILES string of the molecule is O=c1[nH]c2ccccc2n1C1CCS(=O)(=O)C1. The van der Waals surface area contributed by atoms with Gasteiger partial charge in [-0.3, -0.25) is 4.57 Å². The Kier molecular flexibility index (Phi) is 2.16. The zero-order valence-corrected chi connectivity index (χ0v) is 9.90. The van der Waals surface area contributed by atoms with Crippen LogP contribution >= 0.6 is 0 Å². The highest BCUT2D eigenvalue weighted by Crippen LogP contribution is 2.25. The maximum Gasteiger partial charge on any atom is 0.326 e. The lowest BCUT2D eigenvalue weighted by molar-refractivity contribution is 0.554. The number of sulfone groups is 1. The molecular formula is C11H12N2O3S. The van der Waals surface area contributed by atoms with Crippen LogP contribution in [0.3, 0.4) is 0 Å². The Hall–Kier alpha value is -1.56. The van der Waals surface area contributed by atoms with Crippen molar-refractivity contribution in [2.45, 2.75) is 12.5 Å². The van der Waals surface area contributed by atoms with Gasteiger partial charge >= 0.3 is 5.69 Å². The second-order valence-electron chi connectivity index (χ2n) is 4.37. The minimum atomic E-state index is -2.98. The molecule has 0 spiro atoms. The average molecular weight is 252 g/mol. The third-order valence-electron chi connectivity index (χ3n) is 3.20.